The molecule has 0 bridgehead atoms. The van der Waals surface area contributed by atoms with Gasteiger partial charge in [-0.1, -0.05) is 13.3 Å². The third-order valence-corrected chi connectivity index (χ3v) is 3.88. The molecule has 0 saturated carbocycles. The smallest absolute Gasteiger partial charge is 0.326 e. The molecule has 0 fully saturated rings. The lowest BCUT2D eigenvalue weighted by Gasteiger charge is -2.17. The zero-order valence-corrected chi connectivity index (χ0v) is 12.9. The van der Waals surface area contributed by atoms with E-state index < -0.39 is 18.0 Å². The van der Waals surface area contributed by atoms with Gasteiger partial charge in [0.1, 0.15) is 6.04 Å². The van der Waals surface area contributed by atoms with Gasteiger partial charge in [-0.3, -0.25) is 0 Å². The Morgan fingerprint density at radius 1 is 1.35 bits per heavy atom. The van der Waals surface area contributed by atoms with Crippen LogP contribution in [-0.4, -0.2) is 29.2 Å². The Morgan fingerprint density at radius 3 is 2.55 bits per heavy atom. The van der Waals surface area contributed by atoms with Crippen molar-refractivity contribution in [1.82, 2.24) is 10.6 Å². The molecule has 0 aliphatic carbocycles. The number of carboxylic acids is 1. The van der Waals surface area contributed by atoms with Crippen LogP contribution >= 0.6 is 11.3 Å². The number of amides is 2. The lowest BCUT2D eigenvalue weighted by atomic mass is 10.2. The molecule has 0 radical (unpaired) electrons. The average Bonchev–Trinajstić information content (AvgIpc) is 2.73. The normalized spacial score (nSPS) is 13.6. The van der Waals surface area contributed by atoms with Crippen molar-refractivity contribution < 1.29 is 14.7 Å². The molecule has 5 nitrogen and oxygen atoms in total. The van der Waals surface area contributed by atoms with Gasteiger partial charge in [-0.2, -0.15) is 0 Å². The van der Waals surface area contributed by atoms with E-state index in [1.54, 1.807) is 11.3 Å². The van der Waals surface area contributed by atoms with Crippen molar-refractivity contribution in [2.24, 2.45) is 0 Å². The Morgan fingerprint density at radius 2 is 2.05 bits per heavy atom. The Balaban J connectivity index is 2.42. The van der Waals surface area contributed by atoms with Crippen LogP contribution < -0.4 is 10.6 Å². The van der Waals surface area contributed by atoms with Gasteiger partial charge in [0, 0.05) is 22.2 Å². The number of thiophene rings is 1. The molecule has 0 spiro atoms. The maximum Gasteiger partial charge on any atom is 0.326 e. The first-order valence-corrected chi connectivity index (χ1v) is 7.59. The molecule has 2 atom stereocenters. The van der Waals surface area contributed by atoms with Crippen molar-refractivity contribution >= 4 is 23.3 Å². The summed E-state index contributed by atoms with van der Waals surface area (Å²) < 4.78 is 0. The molecule has 0 aromatic carbocycles. The number of hydrogen-bond acceptors (Lipinski definition) is 3. The minimum absolute atomic E-state index is 0.0379. The Kier molecular flexibility index (Phi) is 6.51. The summed E-state index contributed by atoms with van der Waals surface area (Å²) in [6.07, 6.45) is 1.89. The number of nitrogens with one attached hydrogen (secondary N) is 2. The van der Waals surface area contributed by atoms with Gasteiger partial charge in [0.25, 0.3) is 0 Å². The second kappa shape index (κ2) is 7.89. The molecule has 0 aliphatic heterocycles. The lowest BCUT2D eigenvalue weighted by Crippen LogP contribution is -2.48. The van der Waals surface area contributed by atoms with Crippen LogP contribution in [0.1, 0.15) is 36.4 Å². The van der Waals surface area contributed by atoms with Crippen LogP contribution in [0.25, 0.3) is 0 Å². The molecule has 3 N–H and O–H groups in total. The molecule has 1 aromatic heterocycles. The highest BCUT2D eigenvalue weighted by molar-refractivity contribution is 7.11. The zero-order chi connectivity index (χ0) is 15.1. The largest absolute Gasteiger partial charge is 0.480 e. The maximum atomic E-state index is 11.8. The summed E-state index contributed by atoms with van der Waals surface area (Å²) >= 11 is 1.70. The predicted octanol–water partition coefficient (Wildman–Crippen LogP) is 2.54. The second-order valence-corrected chi connectivity index (χ2v) is 6.29. The fraction of sp³-hybridized carbons (Fsp3) is 0.571. The number of rotatable bonds is 7. The number of carbonyl (C=O) groups is 2. The van der Waals surface area contributed by atoms with Gasteiger partial charge < -0.3 is 15.7 Å². The molecule has 0 aliphatic rings. The van der Waals surface area contributed by atoms with Gasteiger partial charge >= 0.3 is 12.0 Å². The Labute approximate surface area is 123 Å². The van der Waals surface area contributed by atoms with E-state index >= 15 is 0 Å². The summed E-state index contributed by atoms with van der Waals surface area (Å²) in [5, 5.41) is 14.3. The molecule has 112 valence electrons. The van der Waals surface area contributed by atoms with Gasteiger partial charge in [-0.15, -0.1) is 11.3 Å². The lowest BCUT2D eigenvalue weighted by molar-refractivity contribution is -0.139. The van der Waals surface area contributed by atoms with Crippen LogP contribution in [0.3, 0.4) is 0 Å². The molecule has 1 unspecified atom stereocenters. The number of urea groups is 1. The minimum atomic E-state index is -0.997. The predicted molar refractivity (Wildman–Crippen MR) is 80.2 cm³/mol. The van der Waals surface area contributed by atoms with Crippen molar-refractivity contribution in [3.8, 4) is 0 Å². The highest BCUT2D eigenvalue weighted by Gasteiger charge is 2.19. The van der Waals surface area contributed by atoms with Crippen LogP contribution in [0, 0.1) is 6.92 Å². The monoisotopic (exact) mass is 298 g/mol. The van der Waals surface area contributed by atoms with Crippen molar-refractivity contribution in [2.75, 3.05) is 0 Å². The summed E-state index contributed by atoms with van der Waals surface area (Å²) in [4.78, 5) is 25.2. The van der Waals surface area contributed by atoms with E-state index in [1.807, 2.05) is 26.8 Å². The van der Waals surface area contributed by atoms with Gasteiger partial charge in [0.15, 0.2) is 0 Å². The summed E-state index contributed by atoms with van der Waals surface area (Å²) in [6, 6.07) is 2.81. The van der Waals surface area contributed by atoms with Crippen molar-refractivity contribution in [3.63, 3.8) is 0 Å². The highest BCUT2D eigenvalue weighted by Crippen LogP contribution is 2.16. The maximum absolute atomic E-state index is 11.8. The van der Waals surface area contributed by atoms with E-state index in [0.29, 0.717) is 12.8 Å². The highest BCUT2D eigenvalue weighted by atomic mass is 32.1. The molecular formula is C14H22N2O3S. The second-order valence-electron chi connectivity index (χ2n) is 4.91. The number of carbonyl (C=O) groups excluding carboxylic acids is 1. The first-order chi connectivity index (χ1) is 9.42. The van der Waals surface area contributed by atoms with E-state index in [2.05, 4.69) is 16.7 Å². The molecule has 1 aromatic rings. The van der Waals surface area contributed by atoms with Gasteiger partial charge in [-0.25, -0.2) is 9.59 Å². The number of carboxylic acid groups (broad SMARTS) is 1. The summed E-state index contributed by atoms with van der Waals surface area (Å²) in [7, 11) is 0. The summed E-state index contributed by atoms with van der Waals surface area (Å²) in [5.74, 6) is -0.997. The number of hydrogen-bond donors (Lipinski definition) is 3. The van der Waals surface area contributed by atoms with Crippen LogP contribution in [-0.2, 0) is 11.2 Å². The third-order valence-electron chi connectivity index (χ3n) is 2.86. The number of aliphatic carboxylic acids is 1. The van der Waals surface area contributed by atoms with E-state index in [0.717, 1.165) is 6.42 Å². The zero-order valence-electron chi connectivity index (χ0n) is 12.1. The van der Waals surface area contributed by atoms with E-state index in [9.17, 15) is 9.59 Å². The van der Waals surface area contributed by atoms with Gasteiger partial charge in [-0.05, 0) is 32.4 Å². The molecule has 1 rings (SSSR count). The standard InChI is InChI=1S/C14H22N2O3S/c1-4-5-12(13(17)18)16-14(19)15-9(2)8-11-7-6-10(3)20-11/h6-7,9,12H,4-5,8H2,1-3H3,(H,17,18)(H2,15,16,19)/t9?,12-/m0/s1. The Hall–Kier alpha value is -1.56. The molecular weight excluding hydrogens is 276 g/mol. The van der Waals surface area contributed by atoms with Crippen LogP contribution in [0.15, 0.2) is 12.1 Å². The fourth-order valence-electron chi connectivity index (χ4n) is 1.92. The Bertz CT molecular complexity index is 459. The van der Waals surface area contributed by atoms with Crippen LogP contribution in [0.2, 0.25) is 0 Å². The van der Waals surface area contributed by atoms with Crippen molar-refractivity contribution in [1.29, 1.82) is 0 Å². The SMILES string of the molecule is CCC[C@H](NC(=O)NC(C)Cc1ccc(C)s1)C(=O)O. The summed E-state index contributed by atoms with van der Waals surface area (Å²) in [6.45, 7) is 5.84. The van der Waals surface area contributed by atoms with E-state index in [-0.39, 0.29) is 6.04 Å². The topological polar surface area (TPSA) is 78.4 Å². The first-order valence-electron chi connectivity index (χ1n) is 6.77. The summed E-state index contributed by atoms with van der Waals surface area (Å²) in [5.41, 5.74) is 0. The third kappa shape index (κ3) is 5.61. The molecule has 2 amide bonds. The van der Waals surface area contributed by atoms with Crippen molar-refractivity contribution in [2.45, 2.75) is 52.1 Å². The first kappa shape index (κ1) is 16.5. The van der Waals surface area contributed by atoms with Crippen LogP contribution in [0.4, 0.5) is 4.79 Å². The molecule has 6 heteroatoms. The van der Waals surface area contributed by atoms with Gasteiger partial charge in [0.05, 0.1) is 0 Å². The van der Waals surface area contributed by atoms with E-state index in [1.165, 1.54) is 9.75 Å². The molecule has 0 saturated heterocycles. The van der Waals surface area contributed by atoms with E-state index in [4.69, 9.17) is 5.11 Å². The fourth-order valence-corrected chi connectivity index (χ4v) is 2.94. The minimum Gasteiger partial charge on any atom is -0.480 e. The molecule has 20 heavy (non-hydrogen) atoms. The quantitative estimate of drug-likeness (QED) is 0.724. The van der Waals surface area contributed by atoms with Gasteiger partial charge in [0.2, 0.25) is 0 Å². The van der Waals surface area contributed by atoms with Crippen molar-refractivity contribution in [3.05, 3.63) is 21.9 Å². The average molecular weight is 298 g/mol. The molecule has 1 heterocycles. The van der Waals surface area contributed by atoms with Crippen LogP contribution in [0.5, 0.6) is 0 Å². The number of aryl methyl sites for hydroxylation is 1.